The topological polar surface area (TPSA) is 93.0 Å². The highest BCUT2D eigenvalue weighted by molar-refractivity contribution is 7.08. The van der Waals surface area contributed by atoms with Gasteiger partial charge >= 0.3 is 0 Å². The van der Waals surface area contributed by atoms with Crippen LogP contribution in [-0.2, 0) is 4.79 Å². The molecule has 4 rings (SSSR count). The highest BCUT2D eigenvalue weighted by Gasteiger charge is 2.32. The van der Waals surface area contributed by atoms with E-state index in [1.165, 1.54) is 11.5 Å². The second-order valence-corrected chi connectivity index (χ2v) is 8.34. The van der Waals surface area contributed by atoms with Crippen molar-refractivity contribution in [2.24, 2.45) is 5.92 Å². The molecule has 2 aromatic heterocycles. The zero-order chi connectivity index (χ0) is 19.0. The molecular formula is C18H24N6O2S. The third kappa shape index (κ3) is 3.73. The van der Waals surface area contributed by atoms with E-state index in [9.17, 15) is 9.59 Å². The molecule has 2 aromatic rings. The molecule has 1 aliphatic heterocycles. The summed E-state index contributed by atoms with van der Waals surface area (Å²) in [6.45, 7) is 5.37. The number of hydrogen-bond acceptors (Lipinski definition) is 6. The van der Waals surface area contributed by atoms with Gasteiger partial charge in [-0.3, -0.25) is 9.59 Å². The number of aromatic nitrogens is 4. The number of nitrogens with one attached hydrogen (secondary N) is 1. The highest BCUT2D eigenvalue weighted by atomic mass is 32.1. The molecule has 2 aliphatic rings. The first-order chi connectivity index (χ1) is 13.0. The van der Waals surface area contributed by atoms with Crippen molar-refractivity contribution in [1.29, 1.82) is 0 Å². The van der Waals surface area contributed by atoms with Gasteiger partial charge in [0.05, 0.1) is 17.9 Å². The number of amides is 2. The zero-order valence-corrected chi connectivity index (χ0v) is 16.4. The normalized spacial score (nSPS) is 18.1. The Bertz CT molecular complexity index is 833. The Balaban J connectivity index is 1.39. The van der Waals surface area contributed by atoms with Crippen LogP contribution in [0.15, 0.2) is 12.3 Å². The van der Waals surface area contributed by atoms with Gasteiger partial charge < -0.3 is 10.2 Å². The maximum absolute atomic E-state index is 12.9. The van der Waals surface area contributed by atoms with Crippen molar-refractivity contribution in [3.63, 3.8) is 0 Å². The summed E-state index contributed by atoms with van der Waals surface area (Å²) in [7, 11) is 0. The first-order valence-electron chi connectivity index (χ1n) is 9.50. The van der Waals surface area contributed by atoms with Crippen molar-refractivity contribution in [3.05, 3.63) is 22.8 Å². The molecule has 2 fully saturated rings. The molecule has 0 atom stereocenters. The van der Waals surface area contributed by atoms with Gasteiger partial charge in [0, 0.05) is 25.1 Å². The van der Waals surface area contributed by atoms with E-state index in [0.717, 1.165) is 37.2 Å². The minimum absolute atomic E-state index is 0.0230. The Hall–Kier alpha value is -2.29. The number of anilines is 1. The van der Waals surface area contributed by atoms with Gasteiger partial charge in [-0.15, -0.1) is 5.10 Å². The minimum Gasteiger partial charge on any atom is -0.338 e. The largest absolute Gasteiger partial charge is 0.338 e. The lowest BCUT2D eigenvalue weighted by atomic mass is 10.0. The molecule has 1 aliphatic carbocycles. The van der Waals surface area contributed by atoms with Crippen LogP contribution in [0.2, 0.25) is 0 Å². The zero-order valence-electron chi connectivity index (χ0n) is 15.6. The highest BCUT2D eigenvalue weighted by Crippen LogP contribution is 2.32. The fourth-order valence-corrected chi connectivity index (χ4v) is 4.25. The van der Waals surface area contributed by atoms with Gasteiger partial charge in [-0.05, 0) is 43.1 Å². The molecular weight excluding hydrogens is 364 g/mol. The molecule has 3 heterocycles. The quantitative estimate of drug-likeness (QED) is 0.850. The fourth-order valence-electron chi connectivity index (χ4n) is 3.46. The summed E-state index contributed by atoms with van der Waals surface area (Å²) in [5.41, 5.74) is 0.782. The molecule has 0 spiro atoms. The van der Waals surface area contributed by atoms with Gasteiger partial charge in [0.25, 0.3) is 5.91 Å². The molecule has 0 unspecified atom stereocenters. The minimum atomic E-state index is 0.0230. The van der Waals surface area contributed by atoms with Crippen LogP contribution in [0.3, 0.4) is 0 Å². The number of piperidine rings is 1. The average Bonchev–Trinajstić information content (AvgIpc) is 3.22. The van der Waals surface area contributed by atoms with E-state index in [-0.39, 0.29) is 29.7 Å². The predicted octanol–water partition coefficient (Wildman–Crippen LogP) is 2.68. The van der Waals surface area contributed by atoms with Crippen LogP contribution >= 0.6 is 11.5 Å². The van der Waals surface area contributed by atoms with Crippen molar-refractivity contribution >= 4 is 29.2 Å². The van der Waals surface area contributed by atoms with E-state index in [1.54, 1.807) is 6.20 Å². The maximum Gasteiger partial charge on any atom is 0.267 e. The van der Waals surface area contributed by atoms with E-state index >= 15 is 0 Å². The van der Waals surface area contributed by atoms with Gasteiger partial charge in [-0.25, -0.2) is 4.68 Å². The van der Waals surface area contributed by atoms with E-state index < -0.39 is 0 Å². The average molecular weight is 388 g/mol. The van der Waals surface area contributed by atoms with Crippen molar-refractivity contribution in [2.45, 2.75) is 51.5 Å². The smallest absolute Gasteiger partial charge is 0.267 e. The molecule has 144 valence electrons. The summed E-state index contributed by atoms with van der Waals surface area (Å²) in [5, 5.41) is 11.5. The molecule has 27 heavy (non-hydrogen) atoms. The lowest BCUT2D eigenvalue weighted by Crippen LogP contribution is -2.39. The number of carbonyl (C=O) groups is 2. The Morgan fingerprint density at radius 1 is 1.22 bits per heavy atom. The van der Waals surface area contributed by atoms with E-state index in [4.69, 9.17) is 0 Å². The van der Waals surface area contributed by atoms with Crippen LogP contribution in [0.5, 0.6) is 0 Å². The van der Waals surface area contributed by atoms with Crippen molar-refractivity contribution in [1.82, 2.24) is 24.3 Å². The van der Waals surface area contributed by atoms with Crippen LogP contribution in [0, 0.1) is 5.92 Å². The lowest BCUT2D eigenvalue weighted by Gasteiger charge is -2.32. The van der Waals surface area contributed by atoms with Crippen molar-refractivity contribution < 1.29 is 9.59 Å². The molecule has 1 saturated heterocycles. The van der Waals surface area contributed by atoms with Crippen molar-refractivity contribution in [2.75, 3.05) is 18.4 Å². The molecule has 0 bridgehead atoms. The third-order valence-corrected chi connectivity index (χ3v) is 5.95. The van der Waals surface area contributed by atoms with Gasteiger partial charge in [0.2, 0.25) is 5.91 Å². The van der Waals surface area contributed by atoms with Crippen LogP contribution in [0.4, 0.5) is 5.82 Å². The number of likely N-dealkylation sites (tertiary alicyclic amines) is 1. The molecule has 2 amide bonds. The Morgan fingerprint density at radius 3 is 2.63 bits per heavy atom. The number of carbonyl (C=O) groups excluding carboxylic acids is 2. The van der Waals surface area contributed by atoms with Gasteiger partial charge in [-0.1, -0.05) is 18.3 Å². The van der Waals surface area contributed by atoms with E-state index in [2.05, 4.69) is 20.0 Å². The third-order valence-electron chi connectivity index (χ3n) is 5.22. The molecule has 1 N–H and O–H groups in total. The fraction of sp³-hybridized carbons (Fsp3) is 0.611. The Labute approximate surface area is 162 Å². The second-order valence-electron chi connectivity index (χ2n) is 7.59. The molecule has 8 nitrogen and oxygen atoms in total. The predicted molar refractivity (Wildman–Crippen MR) is 102 cm³/mol. The maximum atomic E-state index is 12.9. The monoisotopic (exact) mass is 388 g/mol. The van der Waals surface area contributed by atoms with E-state index in [1.807, 2.05) is 29.5 Å². The SMILES string of the molecule is CC(C)c1nnsc1C(=O)N1CCC(n2nccc2NC(=O)C2CC2)CC1. The molecule has 0 aromatic carbocycles. The summed E-state index contributed by atoms with van der Waals surface area (Å²) in [4.78, 5) is 27.4. The number of hydrogen-bond donors (Lipinski definition) is 1. The Morgan fingerprint density at radius 2 is 1.96 bits per heavy atom. The van der Waals surface area contributed by atoms with Crippen LogP contribution in [0.1, 0.15) is 66.9 Å². The lowest BCUT2D eigenvalue weighted by molar-refractivity contribution is -0.117. The van der Waals surface area contributed by atoms with Crippen LogP contribution in [-0.4, -0.2) is 49.2 Å². The summed E-state index contributed by atoms with van der Waals surface area (Å²) < 4.78 is 5.86. The van der Waals surface area contributed by atoms with Gasteiger partial charge in [0.15, 0.2) is 0 Å². The first kappa shape index (κ1) is 18.1. The van der Waals surface area contributed by atoms with Gasteiger partial charge in [0.1, 0.15) is 10.7 Å². The second kappa shape index (κ2) is 7.38. The standard InChI is InChI=1S/C18H24N6O2S/c1-11(2)15-16(27-22-21-15)18(26)23-9-6-13(7-10-23)24-14(5-8-19-24)20-17(25)12-3-4-12/h5,8,11-13H,3-4,6-7,9-10H2,1-2H3,(H,20,25). The summed E-state index contributed by atoms with van der Waals surface area (Å²) >= 11 is 1.18. The van der Waals surface area contributed by atoms with Crippen molar-refractivity contribution in [3.8, 4) is 0 Å². The summed E-state index contributed by atoms with van der Waals surface area (Å²) in [6, 6.07) is 2.03. The van der Waals surface area contributed by atoms with Crippen LogP contribution in [0.25, 0.3) is 0 Å². The number of nitrogens with zero attached hydrogens (tertiary/aromatic N) is 5. The van der Waals surface area contributed by atoms with E-state index in [0.29, 0.717) is 18.0 Å². The molecule has 1 saturated carbocycles. The van der Waals surface area contributed by atoms with Crippen LogP contribution < -0.4 is 5.32 Å². The number of rotatable bonds is 5. The first-order valence-corrected chi connectivity index (χ1v) is 10.3. The Kier molecular flexibility index (Phi) is 4.94. The summed E-state index contributed by atoms with van der Waals surface area (Å²) in [5.74, 6) is 1.21. The van der Waals surface area contributed by atoms with Gasteiger partial charge in [-0.2, -0.15) is 5.10 Å². The molecule has 9 heteroatoms. The summed E-state index contributed by atoms with van der Waals surface area (Å²) in [6.07, 6.45) is 5.29. The molecule has 0 radical (unpaired) electrons.